The Bertz CT molecular complexity index is 2780. The smallest absolute Gasteiger partial charge is 0.0819 e. The fraction of sp³-hybridized carbons (Fsp3) is 0.0385. The maximum Gasteiger partial charge on any atom is 0.0819 e. The summed E-state index contributed by atoms with van der Waals surface area (Å²) in [6.07, 6.45) is 9.42. The molecule has 3 aliphatic rings. The zero-order chi connectivity index (χ0) is 34.9. The molecule has 0 fully saturated rings. The standard InChI is InChI=1S/C52H34S/c1-3-14-34(15-4-1)38-26-27-39(35-16-5-2-6-17-35)32-41(31-38)37-19-13-18-36(30-37)40-28-29-44-48(33-40)52(51-50(44)45-22-9-12-25-49(45)53-51)46-23-10-7-20-42(46)43-21-8-11-24-47(43)52/h1-33,38H/t38-/m1/s1. The topological polar surface area (TPSA) is 0 Å². The Morgan fingerprint density at radius 3 is 1.89 bits per heavy atom. The third kappa shape index (κ3) is 4.54. The van der Waals surface area contributed by atoms with E-state index in [0.29, 0.717) is 0 Å². The van der Waals surface area contributed by atoms with Crippen LogP contribution in [0.1, 0.15) is 44.2 Å². The van der Waals surface area contributed by atoms with Crippen LogP contribution in [0.2, 0.25) is 0 Å². The van der Waals surface area contributed by atoms with Crippen LogP contribution >= 0.6 is 11.3 Å². The van der Waals surface area contributed by atoms with Gasteiger partial charge in [-0.25, -0.2) is 0 Å². The molecule has 0 bridgehead atoms. The van der Waals surface area contributed by atoms with Gasteiger partial charge in [0, 0.05) is 26.4 Å². The van der Waals surface area contributed by atoms with Crippen molar-refractivity contribution in [2.24, 2.45) is 0 Å². The Labute approximate surface area is 314 Å². The normalized spacial score (nSPS) is 16.0. The Kier molecular flexibility index (Phi) is 6.81. The van der Waals surface area contributed by atoms with E-state index in [0.717, 1.165) is 0 Å². The molecule has 0 saturated heterocycles. The maximum atomic E-state index is 2.51. The van der Waals surface area contributed by atoms with E-state index in [2.05, 4.69) is 200 Å². The van der Waals surface area contributed by atoms with E-state index in [4.69, 9.17) is 0 Å². The third-order valence-electron chi connectivity index (χ3n) is 11.6. The SMILES string of the molecule is C1=C[C@@H](c2ccccc2)C=C(c2cccc(-c3ccc4c(c3)C3(c5ccccc5-c5ccccc53)c3sc5ccccc5c3-4)c2)C=C1c1ccccc1. The molecule has 11 rings (SSSR count). The van der Waals surface area contributed by atoms with Crippen LogP contribution in [0.4, 0.5) is 0 Å². The van der Waals surface area contributed by atoms with Crippen molar-refractivity contribution in [2.45, 2.75) is 11.3 Å². The van der Waals surface area contributed by atoms with E-state index in [1.54, 1.807) is 0 Å². The summed E-state index contributed by atoms with van der Waals surface area (Å²) in [4.78, 5) is 1.44. The zero-order valence-electron chi connectivity index (χ0n) is 29.0. The quantitative estimate of drug-likeness (QED) is 0.172. The van der Waals surface area contributed by atoms with Crippen LogP contribution in [0.5, 0.6) is 0 Å². The van der Waals surface area contributed by atoms with E-state index in [-0.39, 0.29) is 11.3 Å². The first-order chi connectivity index (χ1) is 26.3. The van der Waals surface area contributed by atoms with Gasteiger partial charge in [-0.3, -0.25) is 0 Å². The fourth-order valence-electron chi connectivity index (χ4n) is 9.19. The molecule has 0 saturated carbocycles. The second-order valence-corrected chi connectivity index (χ2v) is 15.4. The van der Waals surface area contributed by atoms with Gasteiger partial charge in [0.1, 0.15) is 0 Å². The van der Waals surface area contributed by atoms with E-state index in [9.17, 15) is 0 Å². The summed E-state index contributed by atoms with van der Waals surface area (Å²) in [7, 11) is 0. The molecule has 0 N–H and O–H groups in total. The highest BCUT2D eigenvalue weighted by Gasteiger charge is 2.53. The van der Waals surface area contributed by atoms with Gasteiger partial charge in [-0.2, -0.15) is 0 Å². The summed E-state index contributed by atoms with van der Waals surface area (Å²) in [6, 6.07) is 65.2. The summed E-state index contributed by atoms with van der Waals surface area (Å²) in [5.74, 6) is 0.170. The maximum absolute atomic E-state index is 2.51. The fourth-order valence-corrected chi connectivity index (χ4v) is 10.6. The molecular weight excluding hydrogens is 657 g/mol. The molecule has 8 aromatic rings. The number of benzene rings is 7. The second-order valence-electron chi connectivity index (χ2n) is 14.4. The summed E-state index contributed by atoms with van der Waals surface area (Å²) in [5.41, 5.74) is 17.9. The van der Waals surface area contributed by atoms with Crippen LogP contribution in [0.25, 0.3) is 54.6 Å². The highest BCUT2D eigenvalue weighted by atomic mass is 32.1. The van der Waals surface area contributed by atoms with Gasteiger partial charge in [-0.1, -0.05) is 176 Å². The average molecular weight is 691 g/mol. The average Bonchev–Trinajstić information content (AvgIpc) is 3.77. The zero-order valence-corrected chi connectivity index (χ0v) is 29.9. The van der Waals surface area contributed by atoms with Gasteiger partial charge in [0.2, 0.25) is 0 Å². The number of hydrogen-bond acceptors (Lipinski definition) is 1. The minimum absolute atomic E-state index is 0.170. The van der Waals surface area contributed by atoms with Gasteiger partial charge in [-0.15, -0.1) is 11.3 Å². The number of fused-ring (bicyclic) bond motifs is 12. The van der Waals surface area contributed by atoms with Crippen LogP contribution in [-0.2, 0) is 5.41 Å². The van der Waals surface area contributed by atoms with Gasteiger partial charge in [0.15, 0.2) is 0 Å². The molecule has 1 aromatic heterocycles. The van der Waals surface area contributed by atoms with E-state index < -0.39 is 0 Å². The number of thiophene rings is 1. The van der Waals surface area contributed by atoms with Gasteiger partial charge in [-0.05, 0) is 96.6 Å². The van der Waals surface area contributed by atoms with E-state index in [1.165, 1.54) is 92.9 Å². The molecule has 0 unspecified atom stereocenters. The van der Waals surface area contributed by atoms with Crippen molar-refractivity contribution in [3.8, 4) is 33.4 Å². The van der Waals surface area contributed by atoms with E-state index in [1.807, 2.05) is 11.3 Å². The minimum atomic E-state index is -0.360. The first kappa shape index (κ1) is 30.4. The molecule has 0 nitrogen and oxygen atoms in total. The minimum Gasteiger partial charge on any atom is -0.138 e. The molecule has 0 aliphatic heterocycles. The Morgan fingerprint density at radius 1 is 0.453 bits per heavy atom. The monoisotopic (exact) mass is 690 g/mol. The number of rotatable bonds is 4. The lowest BCUT2D eigenvalue weighted by Gasteiger charge is -2.29. The second kappa shape index (κ2) is 11.9. The lowest BCUT2D eigenvalue weighted by molar-refractivity contribution is 0.812. The van der Waals surface area contributed by atoms with Gasteiger partial charge in [0.25, 0.3) is 0 Å². The summed E-state index contributed by atoms with van der Waals surface area (Å²) < 4.78 is 1.35. The number of allylic oxidation sites excluding steroid dienone is 6. The predicted molar refractivity (Wildman–Crippen MR) is 224 cm³/mol. The molecule has 1 heterocycles. The van der Waals surface area contributed by atoms with Gasteiger partial charge in [0.05, 0.1) is 5.41 Å². The van der Waals surface area contributed by atoms with Crippen molar-refractivity contribution in [1.82, 2.24) is 0 Å². The molecule has 3 aliphatic carbocycles. The third-order valence-corrected chi connectivity index (χ3v) is 12.8. The first-order valence-corrected chi connectivity index (χ1v) is 19.3. The number of hydrogen-bond donors (Lipinski definition) is 0. The van der Waals surface area contributed by atoms with Crippen LogP contribution in [-0.4, -0.2) is 0 Å². The van der Waals surface area contributed by atoms with Gasteiger partial charge >= 0.3 is 0 Å². The predicted octanol–water partition coefficient (Wildman–Crippen LogP) is 13.7. The van der Waals surface area contributed by atoms with Crippen LogP contribution in [0, 0.1) is 0 Å². The Hall–Kier alpha value is -6.28. The summed E-state index contributed by atoms with van der Waals surface area (Å²) in [5, 5.41) is 1.35. The molecule has 0 radical (unpaired) electrons. The molecular formula is C52H34S. The highest BCUT2D eigenvalue weighted by Crippen LogP contribution is 2.66. The molecule has 1 spiro atoms. The van der Waals surface area contributed by atoms with Crippen molar-refractivity contribution >= 4 is 32.6 Å². The van der Waals surface area contributed by atoms with Gasteiger partial charge < -0.3 is 0 Å². The van der Waals surface area contributed by atoms with E-state index >= 15 is 0 Å². The van der Waals surface area contributed by atoms with Crippen LogP contribution in [0.3, 0.4) is 0 Å². The lowest BCUT2D eigenvalue weighted by atomic mass is 9.73. The largest absolute Gasteiger partial charge is 0.138 e. The van der Waals surface area contributed by atoms with Crippen molar-refractivity contribution in [3.63, 3.8) is 0 Å². The molecule has 1 heteroatoms. The lowest BCUT2D eigenvalue weighted by Crippen LogP contribution is -2.24. The Morgan fingerprint density at radius 2 is 1.09 bits per heavy atom. The van der Waals surface area contributed by atoms with Crippen molar-refractivity contribution in [2.75, 3.05) is 0 Å². The molecule has 0 amide bonds. The van der Waals surface area contributed by atoms with Crippen LogP contribution in [0.15, 0.2) is 200 Å². The van der Waals surface area contributed by atoms with Crippen molar-refractivity contribution < 1.29 is 0 Å². The van der Waals surface area contributed by atoms with Crippen LogP contribution < -0.4 is 0 Å². The summed E-state index contributed by atoms with van der Waals surface area (Å²) >= 11 is 1.97. The summed E-state index contributed by atoms with van der Waals surface area (Å²) in [6.45, 7) is 0. The van der Waals surface area contributed by atoms with Crippen molar-refractivity contribution in [1.29, 1.82) is 0 Å². The molecule has 1 atom stereocenters. The van der Waals surface area contributed by atoms with Crippen molar-refractivity contribution in [3.05, 3.63) is 238 Å². The molecule has 53 heavy (non-hydrogen) atoms. The molecule has 7 aromatic carbocycles. The Balaban J connectivity index is 1.10. The highest BCUT2D eigenvalue weighted by molar-refractivity contribution is 7.20. The molecule has 248 valence electrons. The first-order valence-electron chi connectivity index (χ1n) is 18.5.